The van der Waals surface area contributed by atoms with Gasteiger partial charge in [-0.05, 0) is 70.0 Å². The number of aryl methyl sites for hydroxylation is 1. The highest BCUT2D eigenvalue weighted by atomic mass is 35.5. The van der Waals surface area contributed by atoms with Crippen molar-refractivity contribution >= 4 is 45.1 Å². The molecule has 2 aromatic carbocycles. The minimum absolute atomic E-state index is 0.366. The lowest BCUT2D eigenvalue weighted by Gasteiger charge is -2.31. The van der Waals surface area contributed by atoms with Crippen molar-refractivity contribution in [3.05, 3.63) is 58.7 Å². The molecule has 1 aliphatic rings. The molecule has 1 fully saturated rings. The first-order valence-electron chi connectivity index (χ1n) is 13.3. The molecular weight excluding hydrogens is 546 g/mol. The van der Waals surface area contributed by atoms with Crippen molar-refractivity contribution in [1.82, 2.24) is 20.3 Å². The molecule has 0 aliphatic carbocycles. The van der Waals surface area contributed by atoms with Gasteiger partial charge in [0.05, 0.1) is 22.9 Å². The van der Waals surface area contributed by atoms with Crippen molar-refractivity contribution < 1.29 is 14.3 Å². The third kappa shape index (κ3) is 5.98. The molecule has 0 radical (unpaired) electrons. The highest BCUT2D eigenvalue weighted by Crippen LogP contribution is 2.44. The molecule has 40 heavy (non-hydrogen) atoms. The van der Waals surface area contributed by atoms with Gasteiger partial charge in [-0.3, -0.25) is 0 Å². The maximum atomic E-state index is 13.1. The summed E-state index contributed by atoms with van der Waals surface area (Å²) < 4.78 is 12.5. The monoisotopic (exact) mass is 579 g/mol. The number of piperazine rings is 1. The van der Waals surface area contributed by atoms with E-state index < -0.39 is 17.7 Å². The van der Waals surface area contributed by atoms with Crippen molar-refractivity contribution in [3.63, 3.8) is 0 Å². The summed E-state index contributed by atoms with van der Waals surface area (Å²) in [6, 6.07) is 11.9. The van der Waals surface area contributed by atoms with Crippen molar-refractivity contribution in [2.24, 2.45) is 0 Å². The zero-order valence-electron chi connectivity index (χ0n) is 23.6. The second-order valence-electron chi connectivity index (χ2n) is 11.0. The quantitative estimate of drug-likeness (QED) is 0.270. The molecule has 0 saturated carbocycles. The lowest BCUT2D eigenvalue weighted by Crippen LogP contribution is -2.49. The topological polar surface area (TPSA) is 89.5 Å². The number of nitrogens with zero attached hydrogens (tertiary/aromatic N) is 4. The number of benzene rings is 2. The van der Waals surface area contributed by atoms with Crippen LogP contribution in [0, 0.1) is 6.92 Å². The SMILES string of the molecule is COC(=O)C(OC(C)(C)C)c1c(C)cc2nc(-c3ccnc(N4CCN[C@@H](C)C4)n3)sc2c1-c1ccc(Cl)cc1. The Morgan fingerprint density at radius 2 is 1.95 bits per heavy atom. The Bertz CT molecular complexity index is 1530. The molecule has 0 bridgehead atoms. The molecule has 5 rings (SSSR count). The van der Waals surface area contributed by atoms with Gasteiger partial charge in [-0.1, -0.05) is 23.7 Å². The van der Waals surface area contributed by atoms with E-state index in [9.17, 15) is 4.79 Å². The summed E-state index contributed by atoms with van der Waals surface area (Å²) in [5.74, 6) is 0.243. The van der Waals surface area contributed by atoms with Gasteiger partial charge in [0.15, 0.2) is 6.10 Å². The van der Waals surface area contributed by atoms with Crippen LogP contribution in [0.3, 0.4) is 0 Å². The van der Waals surface area contributed by atoms with Crippen LogP contribution in [0.1, 0.15) is 44.9 Å². The zero-order chi connectivity index (χ0) is 28.6. The lowest BCUT2D eigenvalue weighted by atomic mass is 9.91. The van der Waals surface area contributed by atoms with E-state index in [0.29, 0.717) is 17.0 Å². The molecule has 3 heterocycles. The number of esters is 1. The predicted octanol–water partition coefficient (Wildman–Crippen LogP) is 6.21. The molecule has 210 valence electrons. The normalized spacial score (nSPS) is 16.8. The van der Waals surface area contributed by atoms with E-state index in [-0.39, 0.29) is 0 Å². The van der Waals surface area contributed by atoms with E-state index in [1.165, 1.54) is 18.4 Å². The smallest absolute Gasteiger partial charge is 0.339 e. The maximum absolute atomic E-state index is 13.1. The largest absolute Gasteiger partial charge is 0.467 e. The molecule has 1 N–H and O–H groups in total. The molecule has 2 aromatic heterocycles. The number of hydrogen-bond donors (Lipinski definition) is 1. The average Bonchev–Trinajstić information content (AvgIpc) is 3.34. The van der Waals surface area contributed by atoms with Crippen molar-refractivity contribution in [2.75, 3.05) is 31.6 Å². The van der Waals surface area contributed by atoms with Crippen LogP contribution in [-0.2, 0) is 14.3 Å². The fraction of sp³-hybridized carbons (Fsp3) is 0.400. The first-order valence-corrected chi connectivity index (χ1v) is 14.5. The third-order valence-corrected chi connectivity index (χ3v) is 8.09. The van der Waals surface area contributed by atoms with Crippen LogP contribution in [0.15, 0.2) is 42.6 Å². The van der Waals surface area contributed by atoms with Crippen LogP contribution in [0.5, 0.6) is 0 Å². The summed E-state index contributed by atoms with van der Waals surface area (Å²) in [6.45, 7) is 12.5. The number of carbonyl (C=O) groups is 1. The summed E-state index contributed by atoms with van der Waals surface area (Å²) in [5, 5.41) is 4.87. The summed E-state index contributed by atoms with van der Waals surface area (Å²) in [6.07, 6.45) is 0.864. The first kappa shape index (κ1) is 28.4. The molecule has 8 nitrogen and oxygen atoms in total. The van der Waals surface area contributed by atoms with Crippen LogP contribution in [0.25, 0.3) is 32.0 Å². The Hall–Kier alpha value is -3.11. The number of methoxy groups -OCH3 is 1. The summed E-state index contributed by atoms with van der Waals surface area (Å²) in [7, 11) is 1.38. The van der Waals surface area contributed by atoms with E-state index in [1.54, 1.807) is 6.20 Å². The van der Waals surface area contributed by atoms with Crippen molar-refractivity contribution in [1.29, 1.82) is 0 Å². The standard InChI is InChI=1S/C30H34ClN5O3S/c1-17-15-22-26(40-27(34-22)21-11-12-33-29(35-21)36-14-13-32-18(2)16-36)24(19-7-9-20(31)10-8-19)23(17)25(28(37)38-6)39-30(3,4)5/h7-12,15,18,25,32H,13-14,16H2,1-6H3/t18-,25?/m0/s1. The van der Waals surface area contributed by atoms with E-state index in [4.69, 9.17) is 31.0 Å². The first-order chi connectivity index (χ1) is 19.0. The fourth-order valence-electron chi connectivity index (χ4n) is 4.98. The Morgan fingerprint density at radius 1 is 1.20 bits per heavy atom. The average molecular weight is 580 g/mol. The van der Waals surface area contributed by atoms with Crippen molar-refractivity contribution in [3.8, 4) is 21.8 Å². The number of anilines is 1. The van der Waals surface area contributed by atoms with Crippen LogP contribution < -0.4 is 10.2 Å². The Morgan fingerprint density at radius 3 is 2.62 bits per heavy atom. The van der Waals surface area contributed by atoms with Gasteiger partial charge in [-0.2, -0.15) is 0 Å². The second kappa shape index (κ2) is 11.4. The molecule has 4 aromatic rings. The van der Waals surface area contributed by atoms with Gasteiger partial charge in [0.25, 0.3) is 0 Å². The zero-order valence-corrected chi connectivity index (χ0v) is 25.2. The predicted molar refractivity (Wildman–Crippen MR) is 161 cm³/mol. The van der Waals surface area contributed by atoms with Crippen LogP contribution in [0.2, 0.25) is 5.02 Å². The number of halogens is 1. The molecular formula is C30H34ClN5O3S. The number of rotatable bonds is 6. The fourth-order valence-corrected chi connectivity index (χ4v) is 6.20. The number of fused-ring (bicyclic) bond motifs is 1. The van der Waals surface area contributed by atoms with E-state index >= 15 is 0 Å². The van der Waals surface area contributed by atoms with Gasteiger partial charge in [0, 0.05) is 48.0 Å². The third-order valence-electron chi connectivity index (χ3n) is 6.72. The van der Waals surface area contributed by atoms with Crippen LogP contribution in [0.4, 0.5) is 5.95 Å². The summed E-state index contributed by atoms with van der Waals surface area (Å²) >= 11 is 7.79. The maximum Gasteiger partial charge on any atom is 0.339 e. The number of aromatic nitrogens is 3. The highest BCUT2D eigenvalue weighted by molar-refractivity contribution is 7.22. The minimum atomic E-state index is -0.925. The summed E-state index contributed by atoms with van der Waals surface area (Å²) in [4.78, 5) is 29.8. The number of ether oxygens (including phenoxy) is 2. The molecule has 1 saturated heterocycles. The van der Waals surface area contributed by atoms with Gasteiger partial charge in [-0.25, -0.2) is 19.7 Å². The lowest BCUT2D eigenvalue weighted by molar-refractivity contribution is -0.164. The van der Waals surface area contributed by atoms with Crippen LogP contribution in [-0.4, -0.2) is 59.3 Å². The molecule has 0 spiro atoms. The number of nitrogens with one attached hydrogen (secondary N) is 1. The Balaban J connectivity index is 1.69. The number of carbonyl (C=O) groups excluding carboxylic acids is 1. The molecule has 1 unspecified atom stereocenters. The van der Waals surface area contributed by atoms with E-state index in [1.807, 2.05) is 64.1 Å². The summed E-state index contributed by atoms with van der Waals surface area (Å²) in [5.41, 5.74) is 4.41. The van der Waals surface area contributed by atoms with Gasteiger partial charge in [0.2, 0.25) is 5.95 Å². The Kier molecular flexibility index (Phi) is 8.10. The minimum Gasteiger partial charge on any atom is -0.467 e. The molecule has 10 heteroatoms. The van der Waals surface area contributed by atoms with Gasteiger partial charge in [-0.15, -0.1) is 11.3 Å². The van der Waals surface area contributed by atoms with E-state index in [0.717, 1.165) is 62.8 Å². The Labute approximate surface area is 243 Å². The van der Waals surface area contributed by atoms with E-state index in [2.05, 4.69) is 22.1 Å². The number of thiazole rings is 1. The van der Waals surface area contributed by atoms with Gasteiger partial charge < -0.3 is 19.7 Å². The van der Waals surface area contributed by atoms with Crippen LogP contribution >= 0.6 is 22.9 Å². The molecule has 1 aliphatic heterocycles. The van der Waals surface area contributed by atoms with Gasteiger partial charge in [0.1, 0.15) is 10.7 Å². The molecule has 0 amide bonds. The second-order valence-corrected chi connectivity index (χ2v) is 12.5. The molecule has 2 atom stereocenters. The number of hydrogen-bond acceptors (Lipinski definition) is 9. The van der Waals surface area contributed by atoms with Crippen molar-refractivity contribution in [2.45, 2.75) is 52.4 Å². The highest BCUT2D eigenvalue weighted by Gasteiger charge is 2.33. The van der Waals surface area contributed by atoms with Gasteiger partial charge >= 0.3 is 5.97 Å².